The summed E-state index contributed by atoms with van der Waals surface area (Å²) in [6.07, 6.45) is 0. The SMILES string of the molecule is c1ccc(-c2nc(-c3ccc4oc5ccccc5c4c3)nc(-c3ccc4oc5c6ccccc6c(-n6c7cc8ccccc8cc7c7cc8ccccc8cc76)cc5c4c3)n2)cc1. The number of rotatable bonds is 4. The van der Waals surface area contributed by atoms with E-state index in [4.69, 9.17) is 23.8 Å². The summed E-state index contributed by atoms with van der Waals surface area (Å²) in [7, 11) is 0. The number of benzene rings is 10. The molecule has 63 heavy (non-hydrogen) atoms. The van der Waals surface area contributed by atoms with Crippen molar-refractivity contribution in [3.05, 3.63) is 194 Å². The first-order chi connectivity index (χ1) is 31.2. The van der Waals surface area contributed by atoms with E-state index in [1.54, 1.807) is 0 Å². The first-order valence-electron chi connectivity index (χ1n) is 21.2. The van der Waals surface area contributed by atoms with Crippen molar-refractivity contribution in [3.8, 4) is 39.9 Å². The molecule has 0 aliphatic rings. The molecular formula is C57H32N4O2. The zero-order valence-corrected chi connectivity index (χ0v) is 33.6. The fourth-order valence-corrected chi connectivity index (χ4v) is 9.77. The van der Waals surface area contributed by atoms with Gasteiger partial charge in [0.2, 0.25) is 0 Å². The molecule has 0 saturated carbocycles. The lowest BCUT2D eigenvalue weighted by molar-refractivity contribution is 0.669. The number of hydrogen-bond acceptors (Lipinski definition) is 5. The van der Waals surface area contributed by atoms with Gasteiger partial charge in [0.15, 0.2) is 17.5 Å². The van der Waals surface area contributed by atoms with Gasteiger partial charge in [-0.25, -0.2) is 15.0 Å². The van der Waals surface area contributed by atoms with Crippen molar-refractivity contribution in [3.63, 3.8) is 0 Å². The maximum atomic E-state index is 6.80. The number of para-hydroxylation sites is 1. The number of nitrogens with zero attached hydrogens (tertiary/aromatic N) is 4. The van der Waals surface area contributed by atoms with Crippen LogP contribution in [0.4, 0.5) is 0 Å². The zero-order valence-electron chi connectivity index (χ0n) is 33.6. The molecule has 0 atom stereocenters. The molecule has 0 unspecified atom stereocenters. The second-order valence-electron chi connectivity index (χ2n) is 16.4. The summed E-state index contributed by atoms with van der Waals surface area (Å²) in [5.74, 6) is 1.77. The monoisotopic (exact) mass is 804 g/mol. The van der Waals surface area contributed by atoms with E-state index in [9.17, 15) is 0 Å². The molecule has 0 N–H and O–H groups in total. The van der Waals surface area contributed by atoms with Crippen LogP contribution >= 0.6 is 0 Å². The Morgan fingerprint density at radius 2 is 0.778 bits per heavy atom. The highest BCUT2D eigenvalue weighted by atomic mass is 16.3. The average Bonchev–Trinajstić information content (AvgIpc) is 4.01. The maximum Gasteiger partial charge on any atom is 0.164 e. The minimum Gasteiger partial charge on any atom is -0.456 e. The molecule has 0 saturated heterocycles. The number of furan rings is 2. The van der Waals surface area contributed by atoms with Crippen LogP contribution in [0.15, 0.2) is 203 Å². The second kappa shape index (κ2) is 12.9. The Labute approximate surface area is 358 Å². The summed E-state index contributed by atoms with van der Waals surface area (Å²) in [6, 6.07) is 68.2. The Hall–Kier alpha value is -8.61. The van der Waals surface area contributed by atoms with Crippen LogP contribution in [0.5, 0.6) is 0 Å². The van der Waals surface area contributed by atoms with E-state index in [2.05, 4.69) is 132 Å². The fourth-order valence-electron chi connectivity index (χ4n) is 9.77. The molecule has 0 amide bonds. The fraction of sp³-hybridized carbons (Fsp3) is 0. The van der Waals surface area contributed by atoms with Gasteiger partial charge in [-0.3, -0.25) is 0 Å². The predicted octanol–water partition coefficient (Wildman–Crippen LogP) is 15.2. The van der Waals surface area contributed by atoms with Crippen LogP contribution in [0.1, 0.15) is 0 Å². The van der Waals surface area contributed by atoms with E-state index in [0.717, 1.165) is 88.1 Å². The summed E-state index contributed by atoms with van der Waals surface area (Å²) >= 11 is 0. The van der Waals surface area contributed by atoms with Crippen molar-refractivity contribution < 1.29 is 8.83 Å². The average molecular weight is 805 g/mol. The quantitative estimate of drug-likeness (QED) is 0.177. The standard InChI is InChI=1S/C57H32N4O2/c1-2-12-33(13-3-1)55-58-56(38-22-24-52-45(28-38)41-19-10-11-21-51(41)62-52)60-57(59-55)39-23-25-53-46(29-39)47-32-50(40-18-8-9-20-42(40)54(47)63-53)61-48-30-36-16-6-4-14-34(36)26-43(48)44-27-35-15-5-7-17-37(35)31-49(44)61/h1-32H. The van der Waals surface area contributed by atoms with Gasteiger partial charge in [-0.15, -0.1) is 0 Å². The molecule has 0 spiro atoms. The Kier molecular flexibility index (Phi) is 7.02. The van der Waals surface area contributed by atoms with E-state index in [1.165, 1.54) is 32.3 Å². The van der Waals surface area contributed by atoms with Crippen LogP contribution in [0.25, 0.3) is 138 Å². The van der Waals surface area contributed by atoms with Crippen LogP contribution in [-0.2, 0) is 0 Å². The van der Waals surface area contributed by atoms with Crippen molar-refractivity contribution in [1.29, 1.82) is 0 Å². The highest BCUT2D eigenvalue weighted by Crippen LogP contribution is 2.43. The van der Waals surface area contributed by atoms with Gasteiger partial charge in [-0.1, -0.05) is 121 Å². The molecule has 6 nitrogen and oxygen atoms in total. The molecule has 10 aromatic carbocycles. The van der Waals surface area contributed by atoms with Crippen LogP contribution in [0.2, 0.25) is 0 Å². The van der Waals surface area contributed by atoms with Gasteiger partial charge < -0.3 is 13.4 Å². The minimum atomic E-state index is 0.578. The Bertz CT molecular complexity index is 4120. The Morgan fingerprint density at radius 3 is 1.41 bits per heavy atom. The summed E-state index contributed by atoms with van der Waals surface area (Å²) in [5.41, 5.74) is 9.38. The lowest BCUT2D eigenvalue weighted by Gasteiger charge is -2.13. The van der Waals surface area contributed by atoms with Crippen LogP contribution in [-0.4, -0.2) is 19.5 Å². The van der Waals surface area contributed by atoms with Crippen molar-refractivity contribution in [2.75, 3.05) is 0 Å². The Morgan fingerprint density at radius 1 is 0.302 bits per heavy atom. The highest BCUT2D eigenvalue weighted by molar-refractivity contribution is 6.21. The largest absolute Gasteiger partial charge is 0.456 e. The minimum absolute atomic E-state index is 0.578. The van der Waals surface area contributed by atoms with Gasteiger partial charge in [-0.2, -0.15) is 0 Å². The molecule has 0 radical (unpaired) electrons. The number of aromatic nitrogens is 4. The number of hydrogen-bond donors (Lipinski definition) is 0. The topological polar surface area (TPSA) is 69.9 Å². The van der Waals surface area contributed by atoms with E-state index in [-0.39, 0.29) is 0 Å². The molecule has 4 heterocycles. The maximum absolute atomic E-state index is 6.80. The van der Waals surface area contributed by atoms with E-state index >= 15 is 0 Å². The highest BCUT2D eigenvalue weighted by Gasteiger charge is 2.21. The van der Waals surface area contributed by atoms with Gasteiger partial charge in [0.1, 0.15) is 22.3 Å². The molecule has 14 rings (SSSR count). The second-order valence-corrected chi connectivity index (χ2v) is 16.4. The predicted molar refractivity (Wildman–Crippen MR) is 258 cm³/mol. The molecule has 292 valence electrons. The van der Waals surface area contributed by atoms with Gasteiger partial charge in [0.25, 0.3) is 0 Å². The van der Waals surface area contributed by atoms with Crippen molar-refractivity contribution in [2.45, 2.75) is 0 Å². The molecule has 6 heteroatoms. The Balaban J connectivity index is 1.02. The van der Waals surface area contributed by atoms with Crippen molar-refractivity contribution in [2.24, 2.45) is 0 Å². The molecule has 0 fully saturated rings. The first kappa shape index (κ1) is 34.1. The van der Waals surface area contributed by atoms with E-state index < -0.39 is 0 Å². The first-order valence-corrected chi connectivity index (χ1v) is 21.2. The molecule has 0 aliphatic heterocycles. The zero-order chi connectivity index (χ0) is 41.2. The molecule has 14 aromatic rings. The smallest absolute Gasteiger partial charge is 0.164 e. The summed E-state index contributed by atoms with van der Waals surface area (Å²) in [6.45, 7) is 0. The van der Waals surface area contributed by atoms with Crippen LogP contribution in [0.3, 0.4) is 0 Å². The van der Waals surface area contributed by atoms with Gasteiger partial charge in [-0.05, 0) is 94.3 Å². The van der Waals surface area contributed by atoms with Crippen LogP contribution < -0.4 is 0 Å². The summed E-state index contributed by atoms with van der Waals surface area (Å²) < 4.78 is 15.4. The summed E-state index contributed by atoms with van der Waals surface area (Å²) in [5, 5.41) is 13.5. The third kappa shape index (κ3) is 5.15. The molecule has 4 aromatic heterocycles. The van der Waals surface area contributed by atoms with Crippen LogP contribution in [0, 0.1) is 0 Å². The molecule has 0 bridgehead atoms. The summed E-state index contributed by atoms with van der Waals surface area (Å²) in [4.78, 5) is 15.4. The third-order valence-electron chi connectivity index (χ3n) is 12.8. The molecular weight excluding hydrogens is 773 g/mol. The lowest BCUT2D eigenvalue weighted by atomic mass is 10.0. The molecule has 0 aliphatic carbocycles. The van der Waals surface area contributed by atoms with Gasteiger partial charge >= 0.3 is 0 Å². The third-order valence-corrected chi connectivity index (χ3v) is 12.8. The normalized spacial score (nSPS) is 12.1. The lowest BCUT2D eigenvalue weighted by Crippen LogP contribution is -2.00. The van der Waals surface area contributed by atoms with Gasteiger partial charge in [0.05, 0.1) is 16.7 Å². The number of fused-ring (bicyclic) bond motifs is 13. The van der Waals surface area contributed by atoms with Gasteiger partial charge in [0, 0.05) is 59.8 Å². The van der Waals surface area contributed by atoms with Crippen molar-refractivity contribution in [1.82, 2.24) is 19.5 Å². The van der Waals surface area contributed by atoms with E-state index in [1.807, 2.05) is 66.7 Å². The van der Waals surface area contributed by atoms with E-state index in [0.29, 0.717) is 17.5 Å². The van der Waals surface area contributed by atoms with Crippen molar-refractivity contribution >= 4 is 98.0 Å².